The average Bonchev–Trinajstić information content (AvgIpc) is 3.24. The summed E-state index contributed by atoms with van der Waals surface area (Å²) in [4.78, 5) is 17.4. The average molecular weight is 335 g/mol. The molecule has 0 bridgehead atoms. The van der Waals surface area contributed by atoms with Gasteiger partial charge in [0.05, 0.1) is 4.88 Å². The minimum atomic E-state index is -0.0220. The van der Waals surface area contributed by atoms with Crippen molar-refractivity contribution in [3.05, 3.63) is 23.4 Å². The molecule has 2 unspecified atom stereocenters. The largest absolute Gasteiger partial charge is 0.396 e. The number of aliphatic hydroxyl groups is 1. The van der Waals surface area contributed by atoms with Gasteiger partial charge in [-0.25, -0.2) is 0 Å². The Balaban J connectivity index is 1.49. The fraction of sp³-hybridized carbons (Fsp3) is 0.562. The summed E-state index contributed by atoms with van der Waals surface area (Å²) >= 11 is 1.55. The Kier molecular flexibility index (Phi) is 5.40. The quantitative estimate of drug-likeness (QED) is 0.846. The molecule has 0 aliphatic heterocycles. The topological polar surface area (TPSA) is 88.2 Å². The summed E-state index contributed by atoms with van der Waals surface area (Å²) in [6.07, 6.45) is 4.91. The van der Waals surface area contributed by atoms with E-state index in [-0.39, 0.29) is 24.5 Å². The predicted octanol–water partition coefficient (Wildman–Crippen LogP) is 2.40. The fourth-order valence-electron chi connectivity index (χ4n) is 2.98. The van der Waals surface area contributed by atoms with Gasteiger partial charge in [-0.15, -0.1) is 11.3 Å². The summed E-state index contributed by atoms with van der Waals surface area (Å²) in [7, 11) is 0. The van der Waals surface area contributed by atoms with Gasteiger partial charge in [0.15, 0.2) is 0 Å². The molecule has 1 amide bonds. The third-order valence-corrected chi connectivity index (χ3v) is 5.13. The molecule has 3 rings (SSSR count). The Hall–Kier alpha value is -1.73. The lowest BCUT2D eigenvalue weighted by atomic mass is 9.85. The Morgan fingerprint density at radius 3 is 3.09 bits per heavy atom. The highest BCUT2D eigenvalue weighted by Gasteiger charge is 2.25. The number of amides is 1. The zero-order valence-electron chi connectivity index (χ0n) is 12.9. The van der Waals surface area contributed by atoms with Crippen LogP contribution in [-0.2, 0) is 11.2 Å². The van der Waals surface area contributed by atoms with Crippen LogP contribution in [0.15, 0.2) is 22.0 Å². The maximum Gasteiger partial charge on any atom is 0.227 e. The van der Waals surface area contributed by atoms with Gasteiger partial charge >= 0.3 is 0 Å². The molecule has 1 aliphatic carbocycles. The van der Waals surface area contributed by atoms with Crippen molar-refractivity contribution in [3.8, 4) is 10.7 Å². The molecular formula is C16H21N3O3S. The minimum absolute atomic E-state index is 0.0220. The molecule has 1 fully saturated rings. The first kappa shape index (κ1) is 16.1. The highest BCUT2D eigenvalue weighted by atomic mass is 32.1. The van der Waals surface area contributed by atoms with Crippen LogP contribution in [0.3, 0.4) is 0 Å². The van der Waals surface area contributed by atoms with E-state index in [4.69, 9.17) is 4.52 Å². The number of aromatic nitrogens is 2. The molecule has 2 aromatic rings. The Morgan fingerprint density at radius 2 is 2.30 bits per heavy atom. The van der Waals surface area contributed by atoms with Crippen LogP contribution in [0.4, 0.5) is 0 Å². The molecule has 1 aliphatic rings. The van der Waals surface area contributed by atoms with Crippen molar-refractivity contribution in [3.63, 3.8) is 0 Å². The summed E-state index contributed by atoms with van der Waals surface area (Å²) in [6, 6.07) is 3.96. The molecule has 0 radical (unpaired) electrons. The third-order valence-electron chi connectivity index (χ3n) is 4.27. The van der Waals surface area contributed by atoms with E-state index in [9.17, 15) is 9.90 Å². The van der Waals surface area contributed by atoms with Gasteiger partial charge in [-0.3, -0.25) is 4.79 Å². The van der Waals surface area contributed by atoms with Crippen LogP contribution in [0.2, 0.25) is 0 Å². The molecule has 2 aromatic heterocycles. The number of nitrogens with zero attached hydrogens (tertiary/aromatic N) is 2. The maximum absolute atomic E-state index is 12.1. The first-order valence-electron chi connectivity index (χ1n) is 8.03. The van der Waals surface area contributed by atoms with Gasteiger partial charge in [0.1, 0.15) is 0 Å². The molecule has 2 heterocycles. The highest BCUT2D eigenvalue weighted by Crippen LogP contribution is 2.24. The van der Waals surface area contributed by atoms with Crippen LogP contribution < -0.4 is 5.32 Å². The van der Waals surface area contributed by atoms with E-state index in [0.717, 1.165) is 30.6 Å². The van der Waals surface area contributed by atoms with Crippen LogP contribution in [-0.4, -0.2) is 33.8 Å². The van der Waals surface area contributed by atoms with E-state index in [0.29, 0.717) is 24.6 Å². The van der Waals surface area contributed by atoms with Crippen LogP contribution >= 0.6 is 11.3 Å². The van der Waals surface area contributed by atoms with E-state index < -0.39 is 0 Å². The molecular weight excluding hydrogens is 314 g/mol. The van der Waals surface area contributed by atoms with Gasteiger partial charge in [0, 0.05) is 31.4 Å². The molecule has 1 saturated carbocycles. The number of aryl methyl sites for hydroxylation is 1. The van der Waals surface area contributed by atoms with Gasteiger partial charge in [-0.05, 0) is 24.3 Å². The van der Waals surface area contributed by atoms with Gasteiger partial charge in [-0.2, -0.15) is 4.98 Å². The number of hydrogen-bond acceptors (Lipinski definition) is 6. The first-order valence-corrected chi connectivity index (χ1v) is 8.91. The third kappa shape index (κ3) is 4.17. The summed E-state index contributed by atoms with van der Waals surface area (Å²) in [5.41, 5.74) is 0. The van der Waals surface area contributed by atoms with Crippen LogP contribution in [0.25, 0.3) is 10.7 Å². The van der Waals surface area contributed by atoms with Gasteiger partial charge < -0.3 is 14.9 Å². The Bertz CT molecular complexity index is 626. The fourth-order valence-corrected chi connectivity index (χ4v) is 3.63. The van der Waals surface area contributed by atoms with Gasteiger partial charge in [-0.1, -0.05) is 24.1 Å². The second-order valence-corrected chi connectivity index (χ2v) is 6.84. The molecule has 124 valence electrons. The van der Waals surface area contributed by atoms with E-state index in [1.54, 1.807) is 11.3 Å². The molecule has 0 spiro atoms. The smallest absolute Gasteiger partial charge is 0.227 e. The van der Waals surface area contributed by atoms with Crippen molar-refractivity contribution in [1.82, 2.24) is 15.5 Å². The highest BCUT2D eigenvalue weighted by molar-refractivity contribution is 7.13. The van der Waals surface area contributed by atoms with Crippen molar-refractivity contribution >= 4 is 17.2 Å². The summed E-state index contributed by atoms with van der Waals surface area (Å²) in [5.74, 6) is 1.21. The molecule has 2 atom stereocenters. The molecule has 6 nitrogen and oxygen atoms in total. The van der Waals surface area contributed by atoms with Crippen LogP contribution in [0.1, 0.15) is 38.0 Å². The number of aliphatic hydroxyl groups excluding tert-OH is 1. The second-order valence-electron chi connectivity index (χ2n) is 5.89. The second kappa shape index (κ2) is 7.70. The van der Waals surface area contributed by atoms with Crippen molar-refractivity contribution in [1.29, 1.82) is 0 Å². The molecule has 23 heavy (non-hydrogen) atoms. The zero-order chi connectivity index (χ0) is 16.1. The monoisotopic (exact) mass is 335 g/mol. The SMILES string of the molecule is O=C(CCc1nc(-c2cccs2)no1)NC1CCCCC1CO. The van der Waals surface area contributed by atoms with Gasteiger partial charge in [0.25, 0.3) is 0 Å². The van der Waals surface area contributed by atoms with Gasteiger partial charge in [0.2, 0.25) is 17.6 Å². The number of hydrogen-bond donors (Lipinski definition) is 2. The number of carbonyl (C=O) groups is 1. The summed E-state index contributed by atoms with van der Waals surface area (Å²) < 4.78 is 5.20. The first-order chi connectivity index (χ1) is 11.3. The van der Waals surface area contributed by atoms with E-state index in [1.165, 1.54) is 0 Å². The van der Waals surface area contributed by atoms with Crippen molar-refractivity contribution in [2.24, 2.45) is 5.92 Å². The lowest BCUT2D eigenvalue weighted by Gasteiger charge is -2.30. The maximum atomic E-state index is 12.1. The van der Waals surface area contributed by atoms with Crippen molar-refractivity contribution < 1.29 is 14.4 Å². The lowest BCUT2D eigenvalue weighted by Crippen LogP contribution is -2.43. The van der Waals surface area contributed by atoms with Crippen LogP contribution in [0.5, 0.6) is 0 Å². The molecule has 0 saturated heterocycles. The standard InChI is InChI=1S/C16H21N3O3S/c20-10-11-4-1-2-5-12(11)17-14(21)7-8-15-18-16(19-22-15)13-6-3-9-23-13/h3,6,9,11-12,20H,1-2,4-5,7-8,10H2,(H,17,21). The van der Waals surface area contributed by atoms with Crippen LogP contribution in [0, 0.1) is 5.92 Å². The Labute approximate surface area is 138 Å². The summed E-state index contributed by atoms with van der Waals surface area (Å²) in [6.45, 7) is 0.138. The lowest BCUT2D eigenvalue weighted by molar-refractivity contribution is -0.122. The number of nitrogens with one attached hydrogen (secondary N) is 1. The molecule has 2 N–H and O–H groups in total. The normalized spacial score (nSPS) is 21.3. The van der Waals surface area contributed by atoms with Crippen molar-refractivity contribution in [2.45, 2.75) is 44.6 Å². The molecule has 0 aromatic carbocycles. The minimum Gasteiger partial charge on any atom is -0.396 e. The van der Waals surface area contributed by atoms with E-state index >= 15 is 0 Å². The number of thiophene rings is 1. The Morgan fingerprint density at radius 1 is 1.43 bits per heavy atom. The number of rotatable bonds is 6. The summed E-state index contributed by atoms with van der Waals surface area (Å²) in [5, 5.41) is 18.3. The predicted molar refractivity (Wildman–Crippen MR) is 86.9 cm³/mol. The van der Waals surface area contributed by atoms with E-state index in [1.807, 2.05) is 17.5 Å². The zero-order valence-corrected chi connectivity index (χ0v) is 13.7. The number of carbonyl (C=O) groups excluding carboxylic acids is 1. The molecule has 7 heteroatoms. The van der Waals surface area contributed by atoms with E-state index in [2.05, 4.69) is 15.5 Å². The van der Waals surface area contributed by atoms with Crippen molar-refractivity contribution in [2.75, 3.05) is 6.61 Å².